The minimum absolute atomic E-state index is 0.00768. The SMILES string of the molecule is CC(=O)NC[C@H]1CN(c2ccc(N3CCON(S(=O)(=O)c4cccnc4)CC3)c(F)c2)C(=O)O1. The molecule has 0 radical (unpaired) electrons. The molecule has 1 atom stereocenters. The second-order valence-corrected chi connectivity index (χ2v) is 9.56. The van der Waals surface area contributed by atoms with Crippen LogP contribution >= 0.6 is 0 Å². The van der Waals surface area contributed by atoms with Crippen molar-refractivity contribution in [3.63, 3.8) is 0 Å². The number of aromatic nitrogens is 1. The average molecular weight is 494 g/mol. The van der Waals surface area contributed by atoms with Gasteiger partial charge in [0.1, 0.15) is 16.8 Å². The van der Waals surface area contributed by atoms with E-state index in [1.807, 2.05) is 0 Å². The molecule has 2 aliphatic heterocycles. The van der Waals surface area contributed by atoms with E-state index in [0.717, 1.165) is 4.47 Å². The van der Waals surface area contributed by atoms with Gasteiger partial charge in [0.2, 0.25) is 5.91 Å². The van der Waals surface area contributed by atoms with Crippen molar-refractivity contribution in [2.75, 3.05) is 49.1 Å². The first-order valence-corrected chi connectivity index (χ1v) is 12.0. The molecule has 1 aromatic heterocycles. The molecule has 1 N–H and O–H groups in total. The highest BCUT2D eigenvalue weighted by Crippen LogP contribution is 2.29. The van der Waals surface area contributed by atoms with E-state index < -0.39 is 28.0 Å². The number of carbonyl (C=O) groups excluding carboxylic acids is 2. The summed E-state index contributed by atoms with van der Waals surface area (Å²) in [5, 5.41) is 2.59. The molecule has 34 heavy (non-hydrogen) atoms. The highest BCUT2D eigenvalue weighted by molar-refractivity contribution is 7.89. The number of nitrogens with zero attached hydrogens (tertiary/aromatic N) is 4. The standard InChI is InChI=1S/C21H24FN5O6S/c1-15(28)24-12-17-14-26(21(29)33-17)16-4-5-20(19(22)11-16)25-7-8-27(32-10-9-25)34(30,31)18-3-2-6-23-13-18/h2-6,11,13,17H,7-10,12,14H2,1H3,(H,24,28)/t17-/m0/s1. The third-order valence-corrected chi connectivity index (χ3v) is 7.05. The molecule has 182 valence electrons. The van der Waals surface area contributed by atoms with E-state index in [2.05, 4.69) is 10.3 Å². The van der Waals surface area contributed by atoms with Crippen LogP contribution in [0.1, 0.15) is 6.92 Å². The normalized spacial score (nSPS) is 19.6. The van der Waals surface area contributed by atoms with Crippen molar-refractivity contribution in [1.29, 1.82) is 0 Å². The van der Waals surface area contributed by atoms with E-state index in [4.69, 9.17) is 9.57 Å². The van der Waals surface area contributed by atoms with Crippen LogP contribution in [0.5, 0.6) is 0 Å². The molecule has 0 unspecified atom stereocenters. The Hall–Kier alpha value is -3.29. The Bertz CT molecular complexity index is 1170. The topological polar surface area (TPSA) is 121 Å². The quantitative estimate of drug-likeness (QED) is 0.636. The summed E-state index contributed by atoms with van der Waals surface area (Å²) in [7, 11) is -3.90. The Morgan fingerprint density at radius 3 is 2.79 bits per heavy atom. The zero-order valence-corrected chi connectivity index (χ0v) is 19.2. The Kier molecular flexibility index (Phi) is 6.95. The summed E-state index contributed by atoms with van der Waals surface area (Å²) in [6.07, 6.45) is 1.56. The van der Waals surface area contributed by atoms with Crippen molar-refractivity contribution in [3.8, 4) is 0 Å². The summed E-state index contributed by atoms with van der Waals surface area (Å²) in [4.78, 5) is 35.5. The van der Waals surface area contributed by atoms with Gasteiger partial charge in [-0.2, -0.15) is 0 Å². The van der Waals surface area contributed by atoms with Gasteiger partial charge < -0.3 is 15.0 Å². The Balaban J connectivity index is 1.43. The van der Waals surface area contributed by atoms with E-state index in [-0.39, 0.29) is 55.8 Å². The fraction of sp³-hybridized carbons (Fsp3) is 0.381. The van der Waals surface area contributed by atoms with Crippen LogP contribution in [0.3, 0.4) is 0 Å². The number of sulfonamides is 1. The molecular weight excluding hydrogens is 469 g/mol. The van der Waals surface area contributed by atoms with E-state index >= 15 is 4.39 Å². The Labute approximate surface area is 196 Å². The van der Waals surface area contributed by atoms with Gasteiger partial charge in [0.15, 0.2) is 0 Å². The van der Waals surface area contributed by atoms with E-state index in [1.165, 1.54) is 48.5 Å². The van der Waals surface area contributed by atoms with Gasteiger partial charge in [0.05, 0.1) is 37.6 Å². The van der Waals surface area contributed by atoms with E-state index in [9.17, 15) is 18.0 Å². The molecule has 4 rings (SSSR count). The number of hydroxylamine groups is 1. The minimum atomic E-state index is -3.90. The highest BCUT2D eigenvalue weighted by Gasteiger charge is 2.33. The number of halogens is 1. The molecule has 13 heteroatoms. The lowest BCUT2D eigenvalue weighted by Crippen LogP contribution is -2.34. The number of hydrogen-bond acceptors (Lipinski definition) is 8. The number of ether oxygens (including phenoxy) is 1. The zero-order valence-electron chi connectivity index (χ0n) is 18.4. The van der Waals surface area contributed by atoms with Crippen LogP contribution in [0.2, 0.25) is 0 Å². The number of pyridine rings is 1. The molecule has 1 aromatic carbocycles. The highest BCUT2D eigenvalue weighted by atomic mass is 32.2. The monoisotopic (exact) mass is 493 g/mol. The van der Waals surface area contributed by atoms with E-state index in [1.54, 1.807) is 11.0 Å². The molecule has 0 spiro atoms. The van der Waals surface area contributed by atoms with Crippen molar-refractivity contribution in [2.45, 2.75) is 17.9 Å². The molecule has 11 nitrogen and oxygen atoms in total. The van der Waals surface area contributed by atoms with Crippen LogP contribution in [0, 0.1) is 5.82 Å². The number of rotatable bonds is 6. The number of hydrogen-bond donors (Lipinski definition) is 1. The summed E-state index contributed by atoms with van der Waals surface area (Å²) in [5.74, 6) is -0.808. The van der Waals surface area contributed by atoms with Gasteiger partial charge in [-0.3, -0.25) is 19.5 Å². The molecule has 2 amide bonds. The van der Waals surface area contributed by atoms with Gasteiger partial charge in [-0.25, -0.2) is 17.6 Å². The maximum Gasteiger partial charge on any atom is 0.414 e. The van der Waals surface area contributed by atoms with Gasteiger partial charge in [-0.1, -0.05) is 4.47 Å². The molecule has 0 saturated carbocycles. The third-order valence-electron chi connectivity index (χ3n) is 5.39. The zero-order chi connectivity index (χ0) is 24.3. The molecule has 2 aliphatic rings. The minimum Gasteiger partial charge on any atom is -0.442 e. The molecule has 2 aromatic rings. The molecule has 0 bridgehead atoms. The molecule has 0 aliphatic carbocycles. The summed E-state index contributed by atoms with van der Waals surface area (Å²) in [6, 6.07) is 7.30. The largest absolute Gasteiger partial charge is 0.442 e. The fourth-order valence-electron chi connectivity index (χ4n) is 3.70. The summed E-state index contributed by atoms with van der Waals surface area (Å²) in [6.45, 7) is 2.19. The lowest BCUT2D eigenvalue weighted by atomic mass is 10.2. The number of anilines is 2. The van der Waals surface area contributed by atoms with Crippen molar-refractivity contribution in [3.05, 3.63) is 48.5 Å². The average Bonchev–Trinajstić information content (AvgIpc) is 3.02. The summed E-state index contributed by atoms with van der Waals surface area (Å²) < 4.78 is 46.7. The number of amides is 2. The van der Waals surface area contributed by atoms with Crippen LogP contribution in [0.25, 0.3) is 0 Å². The molecular formula is C21H24FN5O6S. The van der Waals surface area contributed by atoms with Gasteiger partial charge in [-0.15, -0.1) is 0 Å². The van der Waals surface area contributed by atoms with E-state index in [0.29, 0.717) is 5.69 Å². The first-order valence-electron chi connectivity index (χ1n) is 10.6. The first-order chi connectivity index (χ1) is 16.3. The van der Waals surface area contributed by atoms with Crippen LogP contribution in [0.15, 0.2) is 47.6 Å². The second-order valence-electron chi connectivity index (χ2n) is 7.73. The molecule has 2 saturated heterocycles. The maximum absolute atomic E-state index is 15.0. The van der Waals surface area contributed by atoms with Crippen LogP contribution in [-0.2, 0) is 24.4 Å². The number of carbonyl (C=O) groups is 2. The van der Waals surface area contributed by atoms with Crippen molar-refractivity contribution in [1.82, 2.24) is 14.8 Å². The van der Waals surface area contributed by atoms with Crippen molar-refractivity contribution >= 4 is 33.4 Å². The first kappa shape index (κ1) is 23.9. The number of nitrogens with one attached hydrogen (secondary N) is 1. The maximum atomic E-state index is 15.0. The van der Waals surface area contributed by atoms with Crippen molar-refractivity contribution < 1.29 is 32.0 Å². The summed E-state index contributed by atoms with van der Waals surface area (Å²) in [5.41, 5.74) is 0.582. The smallest absolute Gasteiger partial charge is 0.414 e. The summed E-state index contributed by atoms with van der Waals surface area (Å²) >= 11 is 0. The predicted molar refractivity (Wildman–Crippen MR) is 119 cm³/mol. The van der Waals surface area contributed by atoms with Gasteiger partial charge in [-0.05, 0) is 30.3 Å². The van der Waals surface area contributed by atoms with Crippen LogP contribution < -0.4 is 15.1 Å². The Morgan fingerprint density at radius 1 is 1.26 bits per heavy atom. The Morgan fingerprint density at radius 2 is 2.09 bits per heavy atom. The van der Waals surface area contributed by atoms with Crippen molar-refractivity contribution in [2.24, 2.45) is 0 Å². The van der Waals surface area contributed by atoms with Crippen LogP contribution in [-0.4, -0.2) is 75.3 Å². The van der Waals surface area contributed by atoms with Crippen LogP contribution in [0.4, 0.5) is 20.6 Å². The molecule has 3 heterocycles. The fourth-order valence-corrected chi connectivity index (χ4v) is 4.91. The second kappa shape index (κ2) is 9.91. The predicted octanol–water partition coefficient (Wildman–Crippen LogP) is 1.12. The van der Waals surface area contributed by atoms with Gasteiger partial charge >= 0.3 is 6.09 Å². The number of benzene rings is 1. The lowest BCUT2D eigenvalue weighted by Gasteiger charge is -2.23. The molecule has 2 fully saturated rings. The van der Waals surface area contributed by atoms with Gasteiger partial charge in [0.25, 0.3) is 10.0 Å². The lowest BCUT2D eigenvalue weighted by molar-refractivity contribution is -0.119. The third kappa shape index (κ3) is 5.11. The van der Waals surface area contributed by atoms with Gasteiger partial charge in [0, 0.05) is 32.4 Å². The number of cyclic esters (lactones) is 1.